The maximum absolute atomic E-state index is 13.3. The van der Waals surface area contributed by atoms with E-state index in [0.717, 1.165) is 33.8 Å². The maximum Gasteiger partial charge on any atom is 0.243 e. The fourth-order valence-corrected chi connectivity index (χ4v) is 6.24. The summed E-state index contributed by atoms with van der Waals surface area (Å²) in [6.45, 7) is 10.4. The van der Waals surface area contributed by atoms with Crippen molar-refractivity contribution >= 4 is 32.4 Å². The molecule has 0 radical (unpaired) electrons. The van der Waals surface area contributed by atoms with Crippen molar-refractivity contribution in [1.29, 1.82) is 0 Å². The van der Waals surface area contributed by atoms with Crippen molar-refractivity contribution in [3.63, 3.8) is 0 Å². The Labute approximate surface area is 225 Å². The number of rotatable bonds is 7. The van der Waals surface area contributed by atoms with Gasteiger partial charge < -0.3 is 5.32 Å². The zero-order valence-corrected chi connectivity index (χ0v) is 23.2. The van der Waals surface area contributed by atoms with Gasteiger partial charge in [-0.15, -0.1) is 0 Å². The number of aryl methyl sites for hydroxylation is 1. The van der Waals surface area contributed by atoms with Gasteiger partial charge in [0, 0.05) is 37.3 Å². The summed E-state index contributed by atoms with van der Waals surface area (Å²) in [4.78, 5) is 12.4. The molecule has 1 unspecified atom stereocenters. The lowest BCUT2D eigenvalue weighted by Crippen LogP contribution is -2.49. The zero-order chi connectivity index (χ0) is 26.9. The molecule has 0 bridgehead atoms. The molecule has 5 rings (SSSR count). The lowest BCUT2D eigenvalue weighted by molar-refractivity contribution is 0.141. The van der Waals surface area contributed by atoms with E-state index in [1.165, 1.54) is 5.56 Å². The Bertz CT molecular complexity index is 1510. The van der Waals surface area contributed by atoms with Crippen molar-refractivity contribution in [3.05, 3.63) is 89.7 Å². The molecule has 1 aliphatic rings. The summed E-state index contributed by atoms with van der Waals surface area (Å²) >= 11 is 0. The Morgan fingerprint density at radius 2 is 1.47 bits per heavy atom. The minimum absolute atomic E-state index is 0.0617. The summed E-state index contributed by atoms with van der Waals surface area (Å²) in [5, 5.41) is 4.43. The van der Waals surface area contributed by atoms with Crippen molar-refractivity contribution in [1.82, 2.24) is 19.2 Å². The van der Waals surface area contributed by atoms with E-state index in [4.69, 9.17) is 9.97 Å². The van der Waals surface area contributed by atoms with Crippen LogP contribution in [0.2, 0.25) is 0 Å². The highest BCUT2D eigenvalue weighted by molar-refractivity contribution is 7.89. The summed E-state index contributed by atoms with van der Waals surface area (Å²) in [5.74, 6) is 1.85. The molecule has 0 amide bonds. The Morgan fingerprint density at radius 3 is 2.13 bits per heavy atom. The topological polar surface area (TPSA) is 78.4 Å². The van der Waals surface area contributed by atoms with Gasteiger partial charge in [0.25, 0.3) is 0 Å². The second-order valence-corrected chi connectivity index (χ2v) is 12.2. The molecule has 1 saturated heterocycles. The Kier molecular flexibility index (Phi) is 7.47. The average molecular weight is 530 g/mol. The van der Waals surface area contributed by atoms with E-state index in [9.17, 15) is 8.42 Å². The van der Waals surface area contributed by atoms with Gasteiger partial charge in [-0.2, -0.15) is 4.31 Å². The lowest BCUT2D eigenvalue weighted by Gasteiger charge is -2.37. The number of sulfonamides is 1. The van der Waals surface area contributed by atoms with Crippen LogP contribution >= 0.6 is 0 Å². The van der Waals surface area contributed by atoms with E-state index < -0.39 is 10.0 Å². The van der Waals surface area contributed by atoms with E-state index in [-0.39, 0.29) is 6.04 Å². The van der Waals surface area contributed by atoms with E-state index in [1.807, 2.05) is 48.5 Å². The van der Waals surface area contributed by atoms with Crippen LogP contribution in [0.1, 0.15) is 49.7 Å². The highest BCUT2D eigenvalue weighted by Crippen LogP contribution is 2.29. The van der Waals surface area contributed by atoms with Gasteiger partial charge in [-0.1, -0.05) is 55.8 Å². The summed E-state index contributed by atoms with van der Waals surface area (Å²) in [6, 6.07) is 23.5. The molecule has 4 aromatic rings. The Morgan fingerprint density at radius 1 is 0.816 bits per heavy atom. The predicted molar refractivity (Wildman–Crippen MR) is 153 cm³/mol. The Hall–Kier alpha value is -3.33. The molecule has 38 heavy (non-hydrogen) atoms. The number of hydrogen-bond donors (Lipinski definition) is 1. The van der Waals surface area contributed by atoms with Gasteiger partial charge in [-0.25, -0.2) is 18.4 Å². The molecule has 7 nitrogen and oxygen atoms in total. The third-order valence-corrected chi connectivity index (χ3v) is 9.23. The number of para-hydroxylation sites is 1. The fourth-order valence-electron chi connectivity index (χ4n) is 4.82. The standard InChI is InChI=1S/C30H35N5O2S/c1-21(2)24-11-15-26(16-12-24)38(36,37)35-19-17-34(18-20-35)23(4)29-32-28-8-6-5-7-27(28)30(33-29)31-25-13-9-22(3)10-14-25/h5-16,21,23H,17-20H2,1-4H3,(H,31,32,33). The van der Waals surface area contributed by atoms with Gasteiger partial charge in [0.1, 0.15) is 11.6 Å². The first kappa shape index (κ1) is 26.3. The number of fused-ring (bicyclic) bond motifs is 1. The van der Waals surface area contributed by atoms with E-state index in [0.29, 0.717) is 37.0 Å². The fraction of sp³-hybridized carbons (Fsp3) is 0.333. The number of nitrogens with one attached hydrogen (secondary N) is 1. The van der Waals surface area contributed by atoms with Crippen LogP contribution < -0.4 is 5.32 Å². The molecule has 198 valence electrons. The normalized spacial score (nSPS) is 16.1. The highest BCUT2D eigenvalue weighted by atomic mass is 32.2. The third-order valence-electron chi connectivity index (χ3n) is 7.31. The lowest BCUT2D eigenvalue weighted by atomic mass is 10.0. The number of anilines is 2. The van der Waals surface area contributed by atoms with Crippen LogP contribution in [0.3, 0.4) is 0 Å². The molecular formula is C30H35N5O2S. The van der Waals surface area contributed by atoms with E-state index >= 15 is 0 Å². The van der Waals surface area contributed by atoms with Gasteiger partial charge in [-0.3, -0.25) is 4.90 Å². The molecule has 8 heteroatoms. The number of aromatic nitrogens is 2. The minimum Gasteiger partial charge on any atom is -0.340 e. The third kappa shape index (κ3) is 5.43. The van der Waals surface area contributed by atoms with Crippen LogP contribution in [0.5, 0.6) is 0 Å². The van der Waals surface area contributed by atoms with Crippen LogP contribution in [0.15, 0.2) is 77.7 Å². The minimum atomic E-state index is -3.53. The van der Waals surface area contributed by atoms with Gasteiger partial charge in [0.15, 0.2) is 0 Å². The molecule has 0 spiro atoms. The maximum atomic E-state index is 13.3. The van der Waals surface area contributed by atoms with Gasteiger partial charge in [-0.05, 0) is 61.7 Å². The first-order valence-corrected chi connectivity index (χ1v) is 14.6. The van der Waals surface area contributed by atoms with Crippen LogP contribution in [-0.2, 0) is 10.0 Å². The average Bonchev–Trinajstić information content (AvgIpc) is 2.94. The second kappa shape index (κ2) is 10.8. The molecule has 3 aromatic carbocycles. The molecule has 1 fully saturated rings. The van der Waals surface area contributed by atoms with Crippen molar-refractivity contribution < 1.29 is 8.42 Å². The quantitative estimate of drug-likeness (QED) is 0.322. The van der Waals surface area contributed by atoms with Crippen LogP contribution in [0.4, 0.5) is 11.5 Å². The van der Waals surface area contributed by atoms with Crippen LogP contribution in [-0.4, -0.2) is 53.8 Å². The number of nitrogens with zero attached hydrogens (tertiary/aromatic N) is 4. The van der Waals surface area contributed by atoms with Crippen molar-refractivity contribution in [2.24, 2.45) is 0 Å². The molecule has 1 aromatic heterocycles. The monoisotopic (exact) mass is 529 g/mol. The Balaban J connectivity index is 1.33. The first-order chi connectivity index (χ1) is 18.2. The first-order valence-electron chi connectivity index (χ1n) is 13.2. The summed E-state index contributed by atoms with van der Waals surface area (Å²) < 4.78 is 28.1. The molecule has 1 N–H and O–H groups in total. The number of hydrogen-bond acceptors (Lipinski definition) is 6. The highest BCUT2D eigenvalue weighted by Gasteiger charge is 2.31. The predicted octanol–water partition coefficient (Wildman–Crippen LogP) is 5.87. The zero-order valence-electron chi connectivity index (χ0n) is 22.4. The van der Waals surface area contributed by atoms with Gasteiger partial charge in [0.2, 0.25) is 10.0 Å². The van der Waals surface area contributed by atoms with E-state index in [2.05, 4.69) is 50.0 Å². The molecule has 2 heterocycles. The van der Waals surface area contributed by atoms with E-state index in [1.54, 1.807) is 16.4 Å². The van der Waals surface area contributed by atoms with Crippen LogP contribution in [0.25, 0.3) is 10.9 Å². The molecule has 1 atom stereocenters. The SMILES string of the molecule is Cc1ccc(Nc2nc(C(C)N3CCN(S(=O)(=O)c4ccc(C(C)C)cc4)CC3)nc3ccccc23)cc1. The molecule has 1 aliphatic heterocycles. The van der Waals surface area contributed by atoms with Gasteiger partial charge >= 0.3 is 0 Å². The summed E-state index contributed by atoms with van der Waals surface area (Å²) in [6.07, 6.45) is 0. The second-order valence-electron chi connectivity index (χ2n) is 10.3. The molecular weight excluding hydrogens is 494 g/mol. The number of piperazine rings is 1. The van der Waals surface area contributed by atoms with Crippen molar-refractivity contribution in [2.75, 3.05) is 31.5 Å². The number of benzene rings is 3. The summed E-state index contributed by atoms with van der Waals surface area (Å²) in [5.41, 5.74) is 4.18. The van der Waals surface area contributed by atoms with Crippen LogP contribution in [0, 0.1) is 6.92 Å². The molecule has 0 aliphatic carbocycles. The smallest absolute Gasteiger partial charge is 0.243 e. The van der Waals surface area contributed by atoms with Crippen molar-refractivity contribution in [3.8, 4) is 0 Å². The molecule has 0 saturated carbocycles. The van der Waals surface area contributed by atoms with Gasteiger partial charge in [0.05, 0.1) is 16.5 Å². The summed E-state index contributed by atoms with van der Waals surface area (Å²) in [7, 11) is -3.53. The largest absolute Gasteiger partial charge is 0.340 e. The van der Waals surface area contributed by atoms with Crippen molar-refractivity contribution in [2.45, 2.75) is 44.6 Å².